The number of carbonyl (C=O) groups is 1. The smallest absolute Gasteiger partial charge is 0.412 e. The van der Waals surface area contributed by atoms with E-state index in [0.717, 1.165) is 19.5 Å². The molecular weight excluding hydrogens is 449 g/mol. The number of para-hydroxylation sites is 1. The Morgan fingerprint density at radius 3 is 2.53 bits per heavy atom. The van der Waals surface area contributed by atoms with Crippen LogP contribution in [0.2, 0.25) is 0 Å². The van der Waals surface area contributed by atoms with Crippen LogP contribution in [-0.2, 0) is 7.05 Å². The summed E-state index contributed by atoms with van der Waals surface area (Å²) in [5, 5.41) is 11.9. The van der Waals surface area contributed by atoms with Crippen LogP contribution in [0.3, 0.4) is 0 Å². The van der Waals surface area contributed by atoms with Gasteiger partial charge in [0.2, 0.25) is 5.95 Å². The molecule has 3 unspecified atom stereocenters. The predicted molar refractivity (Wildman–Crippen MR) is 121 cm³/mol. The summed E-state index contributed by atoms with van der Waals surface area (Å²) in [4.78, 5) is 31.3. The zero-order valence-electron chi connectivity index (χ0n) is 18.6. The van der Waals surface area contributed by atoms with Crippen LogP contribution >= 0.6 is 0 Å². The number of anilines is 2. The van der Waals surface area contributed by atoms with Crippen molar-refractivity contribution in [2.24, 2.45) is 18.9 Å². The average Bonchev–Trinajstić information content (AvgIpc) is 3.38. The van der Waals surface area contributed by atoms with Gasteiger partial charge in [-0.3, -0.25) is 9.36 Å². The molecule has 1 saturated carbocycles. The third kappa shape index (κ3) is 3.76. The van der Waals surface area contributed by atoms with Gasteiger partial charge < -0.3 is 15.3 Å². The number of nitrogens with zero attached hydrogens (tertiary/aromatic N) is 3. The van der Waals surface area contributed by atoms with E-state index >= 15 is 0 Å². The summed E-state index contributed by atoms with van der Waals surface area (Å²) >= 11 is 0. The van der Waals surface area contributed by atoms with Crippen molar-refractivity contribution in [1.82, 2.24) is 9.55 Å². The predicted octanol–water partition coefficient (Wildman–Crippen LogP) is 4.11. The lowest BCUT2D eigenvalue weighted by Gasteiger charge is -2.26. The molecule has 5 rings (SSSR count). The number of aromatic carboxylic acids is 1. The molecule has 1 aliphatic heterocycles. The highest BCUT2D eigenvalue weighted by Gasteiger charge is 2.46. The van der Waals surface area contributed by atoms with Gasteiger partial charge in [0.1, 0.15) is 0 Å². The Balaban J connectivity index is 1.69. The molecule has 3 atom stereocenters. The number of nitrogens with one attached hydrogen (secondary N) is 1. The maximum atomic E-state index is 14.4. The second-order valence-corrected chi connectivity index (χ2v) is 9.16. The second-order valence-electron chi connectivity index (χ2n) is 9.16. The van der Waals surface area contributed by atoms with Crippen molar-refractivity contribution in [3.63, 3.8) is 0 Å². The number of alkyl halides is 3. The van der Waals surface area contributed by atoms with Crippen molar-refractivity contribution in [1.29, 1.82) is 0 Å². The maximum absolute atomic E-state index is 14.4. The summed E-state index contributed by atoms with van der Waals surface area (Å²) in [6, 6.07) is 6.05. The van der Waals surface area contributed by atoms with Gasteiger partial charge in [0.25, 0.3) is 5.56 Å². The fraction of sp³-hybridized carbons (Fsp3) is 0.375. The van der Waals surface area contributed by atoms with E-state index in [1.807, 2.05) is 4.90 Å². The number of piperidine rings is 1. The molecular formula is C24H23F3N4O3. The van der Waals surface area contributed by atoms with Crippen LogP contribution in [0.4, 0.5) is 24.8 Å². The fourth-order valence-electron chi connectivity index (χ4n) is 4.89. The van der Waals surface area contributed by atoms with Gasteiger partial charge >= 0.3 is 12.1 Å². The van der Waals surface area contributed by atoms with Crippen LogP contribution in [0, 0.1) is 18.8 Å². The first kappa shape index (κ1) is 22.2. The van der Waals surface area contributed by atoms with Crippen molar-refractivity contribution in [2.75, 3.05) is 23.3 Å². The number of carboxylic acid groups (broad SMARTS) is 1. The lowest BCUT2D eigenvalue weighted by molar-refractivity contribution is -0.143. The molecule has 0 bridgehead atoms. The molecule has 1 aromatic heterocycles. The largest absolute Gasteiger partial charge is 0.478 e. The molecule has 10 heteroatoms. The van der Waals surface area contributed by atoms with Crippen LogP contribution in [-0.4, -0.2) is 39.9 Å². The maximum Gasteiger partial charge on any atom is 0.412 e. The minimum absolute atomic E-state index is 0.0353. The summed E-state index contributed by atoms with van der Waals surface area (Å²) < 4.78 is 44.6. The van der Waals surface area contributed by atoms with Gasteiger partial charge in [-0.05, 0) is 48.9 Å². The molecule has 1 saturated heterocycles. The van der Waals surface area contributed by atoms with E-state index in [4.69, 9.17) is 0 Å². The minimum Gasteiger partial charge on any atom is -0.478 e. The molecule has 3 aromatic rings. The van der Waals surface area contributed by atoms with E-state index in [9.17, 15) is 27.9 Å². The standard InChI is InChI=1S/C24H23F3N4O3/c1-12-7-16(20(24(25,26)27)28-18-6-4-3-5-15(18)22(33)34)19-17(8-12)21(32)30(2)23(29-19)31-10-13-9-14(13)11-31/h3-8,13-14,20,28H,9-11H2,1-2H3,(H,33,34). The number of aromatic nitrogens is 2. The van der Waals surface area contributed by atoms with Gasteiger partial charge in [0.05, 0.1) is 16.5 Å². The highest BCUT2D eigenvalue weighted by molar-refractivity contribution is 5.94. The SMILES string of the molecule is Cc1cc(C(Nc2ccccc2C(=O)O)C(F)(F)F)c2nc(N3CC4CC4C3)n(C)c(=O)c2c1. The summed E-state index contributed by atoms with van der Waals surface area (Å²) in [5.74, 6) is 0.0889. The molecule has 178 valence electrons. The van der Waals surface area contributed by atoms with E-state index in [1.165, 1.54) is 41.0 Å². The van der Waals surface area contributed by atoms with Crippen LogP contribution in [0.15, 0.2) is 41.2 Å². The molecule has 1 aliphatic carbocycles. The molecule has 2 aliphatic rings. The number of rotatable bonds is 5. The first-order valence-corrected chi connectivity index (χ1v) is 11.0. The number of benzene rings is 2. The van der Waals surface area contributed by atoms with E-state index in [2.05, 4.69) is 10.3 Å². The van der Waals surface area contributed by atoms with Gasteiger partial charge in [-0.1, -0.05) is 18.2 Å². The van der Waals surface area contributed by atoms with Gasteiger partial charge in [-0.2, -0.15) is 13.2 Å². The third-order valence-electron chi connectivity index (χ3n) is 6.69. The fourth-order valence-corrected chi connectivity index (χ4v) is 4.89. The Morgan fingerprint density at radius 2 is 1.88 bits per heavy atom. The quantitative estimate of drug-likeness (QED) is 0.581. The molecule has 2 N–H and O–H groups in total. The Morgan fingerprint density at radius 1 is 1.21 bits per heavy atom. The molecule has 0 spiro atoms. The zero-order chi connectivity index (χ0) is 24.4. The summed E-state index contributed by atoms with van der Waals surface area (Å²) in [6.07, 6.45) is -3.66. The lowest BCUT2D eigenvalue weighted by Crippen LogP contribution is -2.33. The molecule has 2 aromatic carbocycles. The number of hydrogen-bond acceptors (Lipinski definition) is 5. The molecule has 7 nitrogen and oxygen atoms in total. The first-order chi connectivity index (χ1) is 16.0. The van der Waals surface area contributed by atoms with Crippen molar-refractivity contribution in [2.45, 2.75) is 25.6 Å². The monoisotopic (exact) mass is 472 g/mol. The van der Waals surface area contributed by atoms with Crippen molar-refractivity contribution >= 4 is 28.5 Å². The topological polar surface area (TPSA) is 87.5 Å². The highest BCUT2D eigenvalue weighted by atomic mass is 19.4. The van der Waals surface area contributed by atoms with Gasteiger partial charge in [-0.25, -0.2) is 9.78 Å². The van der Waals surface area contributed by atoms with Crippen molar-refractivity contribution in [3.8, 4) is 0 Å². The molecule has 0 radical (unpaired) electrons. The van der Waals surface area contributed by atoms with Crippen LogP contribution in [0.1, 0.15) is 33.9 Å². The number of fused-ring (bicyclic) bond motifs is 2. The number of halogens is 3. The number of hydrogen-bond donors (Lipinski definition) is 2. The Kier molecular flexibility index (Phi) is 5.07. The minimum atomic E-state index is -4.79. The van der Waals surface area contributed by atoms with E-state index in [-0.39, 0.29) is 27.7 Å². The van der Waals surface area contributed by atoms with Crippen LogP contribution in [0.5, 0.6) is 0 Å². The third-order valence-corrected chi connectivity index (χ3v) is 6.69. The second kappa shape index (κ2) is 7.75. The van der Waals surface area contributed by atoms with Gasteiger partial charge in [0, 0.05) is 31.4 Å². The van der Waals surface area contributed by atoms with E-state index in [1.54, 1.807) is 14.0 Å². The Hall–Kier alpha value is -3.56. The molecule has 0 amide bonds. The Bertz CT molecular complexity index is 1360. The Labute approximate surface area is 192 Å². The first-order valence-electron chi connectivity index (χ1n) is 11.0. The van der Waals surface area contributed by atoms with E-state index < -0.39 is 23.7 Å². The number of carboxylic acids is 1. The lowest BCUT2D eigenvalue weighted by atomic mass is 9.99. The summed E-state index contributed by atoms with van der Waals surface area (Å²) in [6.45, 7) is 3.07. The van der Waals surface area contributed by atoms with Crippen molar-refractivity contribution in [3.05, 3.63) is 63.4 Å². The average molecular weight is 472 g/mol. The van der Waals surface area contributed by atoms with Gasteiger partial charge in [0.15, 0.2) is 6.04 Å². The summed E-state index contributed by atoms with van der Waals surface area (Å²) in [5.41, 5.74) is -0.653. The van der Waals surface area contributed by atoms with Crippen LogP contribution in [0.25, 0.3) is 10.9 Å². The van der Waals surface area contributed by atoms with E-state index in [0.29, 0.717) is 23.3 Å². The highest BCUT2D eigenvalue weighted by Crippen LogP contribution is 2.46. The number of aryl methyl sites for hydroxylation is 1. The van der Waals surface area contributed by atoms with Crippen molar-refractivity contribution < 1.29 is 23.1 Å². The van der Waals surface area contributed by atoms with Gasteiger partial charge in [-0.15, -0.1) is 0 Å². The zero-order valence-corrected chi connectivity index (χ0v) is 18.6. The normalized spacial score (nSPS) is 20.3. The molecule has 34 heavy (non-hydrogen) atoms. The summed E-state index contributed by atoms with van der Waals surface area (Å²) in [7, 11) is 1.58. The molecule has 2 heterocycles. The van der Waals surface area contributed by atoms with Crippen LogP contribution < -0.4 is 15.8 Å². The molecule has 2 fully saturated rings.